The molecule has 0 aliphatic rings. The second-order valence-electron chi connectivity index (χ2n) is 6.10. The predicted octanol–water partition coefficient (Wildman–Crippen LogP) is 2.97. The number of nitrogens with zero attached hydrogens (tertiary/aromatic N) is 2. The molecule has 2 heterocycles. The highest BCUT2D eigenvalue weighted by atomic mass is 16.2. The van der Waals surface area contributed by atoms with Crippen LogP contribution < -0.4 is 10.6 Å². The van der Waals surface area contributed by atoms with Crippen molar-refractivity contribution < 1.29 is 9.59 Å². The number of carbonyl (C=O) groups is 2. The van der Waals surface area contributed by atoms with Crippen LogP contribution in [-0.2, 0) is 0 Å². The predicted molar refractivity (Wildman–Crippen MR) is 100 cm³/mol. The molecule has 1 unspecified atom stereocenters. The molecule has 6 nitrogen and oxygen atoms in total. The van der Waals surface area contributed by atoms with Crippen molar-refractivity contribution in [2.75, 3.05) is 6.54 Å². The lowest BCUT2D eigenvalue weighted by molar-refractivity contribution is 0.0937. The molecule has 0 bridgehead atoms. The highest BCUT2D eigenvalue weighted by Crippen LogP contribution is 2.16. The van der Waals surface area contributed by atoms with E-state index in [1.54, 1.807) is 22.7 Å². The Morgan fingerprint density at radius 1 is 1.08 bits per heavy atom. The monoisotopic (exact) mass is 350 g/mol. The van der Waals surface area contributed by atoms with E-state index in [2.05, 4.69) is 15.6 Å². The molecule has 134 valence electrons. The number of carbonyl (C=O) groups excluding carboxylic acids is 2. The minimum atomic E-state index is -0.306. The van der Waals surface area contributed by atoms with Crippen LogP contribution in [-0.4, -0.2) is 27.7 Å². The van der Waals surface area contributed by atoms with E-state index in [4.69, 9.17) is 0 Å². The van der Waals surface area contributed by atoms with Crippen LogP contribution in [0.2, 0.25) is 0 Å². The lowest BCUT2D eigenvalue weighted by Gasteiger charge is -2.13. The zero-order valence-electron chi connectivity index (χ0n) is 14.9. The molecular weight excluding hydrogens is 328 g/mol. The molecule has 26 heavy (non-hydrogen) atoms. The molecule has 2 amide bonds. The maximum Gasteiger partial charge on any atom is 0.287 e. The molecule has 2 N–H and O–H groups in total. The molecule has 0 aliphatic carbocycles. The molecule has 0 spiro atoms. The van der Waals surface area contributed by atoms with Gasteiger partial charge in [-0.05, 0) is 31.0 Å². The second-order valence-corrected chi connectivity index (χ2v) is 6.10. The van der Waals surface area contributed by atoms with Gasteiger partial charge < -0.3 is 10.6 Å². The van der Waals surface area contributed by atoms with E-state index < -0.39 is 0 Å². The lowest BCUT2D eigenvalue weighted by Crippen LogP contribution is -2.28. The number of benzene rings is 1. The van der Waals surface area contributed by atoms with Gasteiger partial charge in [-0.15, -0.1) is 0 Å². The van der Waals surface area contributed by atoms with Crippen molar-refractivity contribution in [1.82, 2.24) is 20.0 Å². The van der Waals surface area contributed by atoms with Crippen LogP contribution in [0.4, 0.5) is 0 Å². The van der Waals surface area contributed by atoms with Crippen LogP contribution in [0, 0.1) is 0 Å². The Morgan fingerprint density at radius 2 is 1.81 bits per heavy atom. The van der Waals surface area contributed by atoms with Gasteiger partial charge >= 0.3 is 0 Å². The fourth-order valence-electron chi connectivity index (χ4n) is 2.77. The molecule has 2 aromatic heterocycles. The SMILES string of the molecule is CCCNC(=O)c1nc(C(=O)NC(C)c2ccccc2)c2ccccn12. The third-order valence-corrected chi connectivity index (χ3v) is 4.15. The number of aromatic nitrogens is 2. The topological polar surface area (TPSA) is 75.5 Å². The summed E-state index contributed by atoms with van der Waals surface area (Å²) < 4.78 is 1.65. The first kappa shape index (κ1) is 17.7. The van der Waals surface area contributed by atoms with Crippen LogP contribution in [0.25, 0.3) is 5.52 Å². The van der Waals surface area contributed by atoms with Gasteiger partial charge in [0.25, 0.3) is 11.8 Å². The highest BCUT2D eigenvalue weighted by molar-refractivity contribution is 6.02. The average molecular weight is 350 g/mol. The Morgan fingerprint density at radius 3 is 2.54 bits per heavy atom. The zero-order chi connectivity index (χ0) is 18.5. The zero-order valence-corrected chi connectivity index (χ0v) is 14.9. The maximum atomic E-state index is 12.8. The van der Waals surface area contributed by atoms with E-state index in [1.165, 1.54) is 0 Å². The van der Waals surface area contributed by atoms with Gasteiger partial charge in [0.15, 0.2) is 5.69 Å². The molecule has 1 atom stereocenters. The van der Waals surface area contributed by atoms with E-state index in [0.29, 0.717) is 12.1 Å². The number of imidazole rings is 1. The van der Waals surface area contributed by atoms with Crippen molar-refractivity contribution in [2.24, 2.45) is 0 Å². The van der Waals surface area contributed by atoms with E-state index in [-0.39, 0.29) is 29.4 Å². The summed E-state index contributed by atoms with van der Waals surface area (Å²) in [5.74, 6) is -0.380. The van der Waals surface area contributed by atoms with E-state index >= 15 is 0 Å². The van der Waals surface area contributed by atoms with Crippen LogP contribution >= 0.6 is 0 Å². The Bertz CT molecular complexity index is 918. The van der Waals surface area contributed by atoms with Gasteiger partial charge in [-0.3, -0.25) is 14.0 Å². The fourth-order valence-corrected chi connectivity index (χ4v) is 2.77. The standard InChI is InChI=1S/C20H22N4O2/c1-3-12-21-20(26)18-23-17(16-11-7-8-13-24(16)18)19(25)22-14(2)15-9-5-4-6-10-15/h4-11,13-14H,3,12H2,1-2H3,(H,21,26)(H,22,25). The van der Waals surface area contributed by atoms with Gasteiger partial charge in [0.1, 0.15) is 0 Å². The number of fused-ring (bicyclic) bond motifs is 1. The molecule has 0 saturated heterocycles. The number of pyridine rings is 1. The van der Waals surface area contributed by atoms with Crippen LogP contribution in [0.3, 0.4) is 0 Å². The minimum Gasteiger partial charge on any atom is -0.349 e. The molecule has 0 saturated carbocycles. The summed E-state index contributed by atoms with van der Waals surface area (Å²) in [6.07, 6.45) is 2.57. The summed E-state index contributed by atoms with van der Waals surface area (Å²) in [4.78, 5) is 29.5. The van der Waals surface area contributed by atoms with Crippen LogP contribution in [0.1, 0.15) is 53.0 Å². The van der Waals surface area contributed by atoms with Crippen molar-refractivity contribution >= 4 is 17.3 Å². The molecule has 1 aromatic carbocycles. The summed E-state index contributed by atoms with van der Waals surface area (Å²) in [6.45, 7) is 4.46. The number of rotatable bonds is 6. The maximum absolute atomic E-state index is 12.8. The van der Waals surface area contributed by atoms with Crippen molar-refractivity contribution in [1.29, 1.82) is 0 Å². The van der Waals surface area contributed by atoms with E-state index in [0.717, 1.165) is 12.0 Å². The molecule has 6 heteroatoms. The number of nitrogens with one attached hydrogen (secondary N) is 2. The lowest BCUT2D eigenvalue weighted by atomic mass is 10.1. The quantitative estimate of drug-likeness (QED) is 0.718. The smallest absolute Gasteiger partial charge is 0.287 e. The first-order valence-electron chi connectivity index (χ1n) is 8.73. The Labute approximate surface area is 152 Å². The molecule has 0 aliphatic heterocycles. The Balaban J connectivity index is 1.89. The Kier molecular flexibility index (Phi) is 5.31. The largest absolute Gasteiger partial charge is 0.349 e. The number of amides is 2. The van der Waals surface area contributed by atoms with Crippen LogP contribution in [0.15, 0.2) is 54.7 Å². The summed E-state index contributed by atoms with van der Waals surface area (Å²) >= 11 is 0. The molecule has 3 rings (SSSR count). The summed E-state index contributed by atoms with van der Waals surface area (Å²) in [7, 11) is 0. The van der Waals surface area contributed by atoms with Crippen LogP contribution in [0.5, 0.6) is 0 Å². The van der Waals surface area contributed by atoms with Gasteiger partial charge in [-0.1, -0.05) is 43.3 Å². The minimum absolute atomic E-state index is 0.165. The van der Waals surface area contributed by atoms with Gasteiger partial charge in [0, 0.05) is 12.7 Å². The van der Waals surface area contributed by atoms with Gasteiger partial charge in [-0.25, -0.2) is 4.98 Å². The van der Waals surface area contributed by atoms with E-state index in [9.17, 15) is 9.59 Å². The summed E-state index contributed by atoms with van der Waals surface area (Å²) in [5, 5.41) is 5.76. The third-order valence-electron chi connectivity index (χ3n) is 4.15. The van der Waals surface area contributed by atoms with Gasteiger partial charge in [0.05, 0.1) is 11.6 Å². The fraction of sp³-hybridized carbons (Fsp3) is 0.250. The van der Waals surface area contributed by atoms with E-state index in [1.807, 2.05) is 50.2 Å². The first-order valence-corrected chi connectivity index (χ1v) is 8.73. The summed E-state index contributed by atoms with van der Waals surface area (Å²) in [5.41, 5.74) is 1.85. The molecule has 3 aromatic rings. The number of hydrogen-bond acceptors (Lipinski definition) is 3. The third kappa shape index (κ3) is 3.59. The molecule has 0 radical (unpaired) electrons. The number of hydrogen-bond donors (Lipinski definition) is 2. The molecular formula is C20H22N4O2. The van der Waals surface area contributed by atoms with Crippen molar-refractivity contribution in [3.8, 4) is 0 Å². The van der Waals surface area contributed by atoms with Gasteiger partial charge in [0.2, 0.25) is 5.82 Å². The molecule has 0 fully saturated rings. The normalized spacial score (nSPS) is 11.9. The average Bonchev–Trinajstić information content (AvgIpc) is 3.06. The van der Waals surface area contributed by atoms with Crippen molar-refractivity contribution in [3.05, 3.63) is 71.8 Å². The Hall–Kier alpha value is -3.15. The highest BCUT2D eigenvalue weighted by Gasteiger charge is 2.22. The first-order chi connectivity index (χ1) is 12.6. The van der Waals surface area contributed by atoms with Crippen molar-refractivity contribution in [2.45, 2.75) is 26.3 Å². The van der Waals surface area contributed by atoms with Gasteiger partial charge in [-0.2, -0.15) is 0 Å². The van der Waals surface area contributed by atoms with Crippen molar-refractivity contribution in [3.63, 3.8) is 0 Å². The summed E-state index contributed by atoms with van der Waals surface area (Å²) in [6, 6.07) is 15.0. The second kappa shape index (κ2) is 7.82.